The monoisotopic (exact) mass is 429 g/mol. The normalized spacial score (nSPS) is 12.8. The van der Waals surface area contributed by atoms with Crippen LogP contribution in [0.5, 0.6) is 11.5 Å². The lowest BCUT2D eigenvalue weighted by Crippen LogP contribution is -2.37. The van der Waals surface area contributed by atoms with Crippen LogP contribution in [0.1, 0.15) is 0 Å². The zero-order valence-corrected chi connectivity index (χ0v) is 16.3. The molecule has 0 spiro atoms. The molecule has 0 aliphatic heterocycles. The fourth-order valence-electron chi connectivity index (χ4n) is 2.16. The first kappa shape index (κ1) is 19.7. The summed E-state index contributed by atoms with van der Waals surface area (Å²) in [5.74, 6) is 1.04. The zero-order chi connectivity index (χ0) is 18.4. The average Bonchev–Trinajstić information content (AvgIpc) is 2.60. The summed E-state index contributed by atoms with van der Waals surface area (Å²) < 4.78 is 37.6. The summed E-state index contributed by atoms with van der Waals surface area (Å²) in [4.78, 5) is 0.163. The Balaban J connectivity index is 1.97. The molecule has 0 amide bonds. The van der Waals surface area contributed by atoms with E-state index in [0.29, 0.717) is 11.5 Å². The molecule has 25 heavy (non-hydrogen) atoms. The molecule has 0 fully saturated rings. The van der Waals surface area contributed by atoms with Gasteiger partial charge in [-0.3, -0.25) is 0 Å². The second kappa shape index (κ2) is 8.66. The molecule has 1 atom stereocenters. The van der Waals surface area contributed by atoms with Crippen LogP contribution in [0.15, 0.2) is 57.9 Å². The van der Waals surface area contributed by atoms with E-state index in [0.717, 1.165) is 8.78 Å². The Bertz CT molecular complexity index is 795. The highest BCUT2D eigenvalue weighted by molar-refractivity contribution is 9.10. The highest BCUT2D eigenvalue weighted by Gasteiger charge is 2.23. The smallest absolute Gasteiger partial charge is 0.242 e. The third-order valence-electron chi connectivity index (χ3n) is 3.49. The number of nitrogens with zero attached hydrogens (tertiary/aromatic N) is 1. The van der Waals surface area contributed by atoms with Gasteiger partial charge in [-0.2, -0.15) is 4.31 Å². The third-order valence-corrected chi connectivity index (χ3v) is 5.86. The van der Waals surface area contributed by atoms with Gasteiger partial charge in [-0.15, -0.1) is 0 Å². The van der Waals surface area contributed by atoms with E-state index in [1.165, 1.54) is 26.3 Å². The van der Waals surface area contributed by atoms with Crippen molar-refractivity contribution in [2.75, 3.05) is 27.3 Å². The molecule has 0 bridgehead atoms. The Morgan fingerprint density at radius 2 is 1.72 bits per heavy atom. The van der Waals surface area contributed by atoms with Crippen molar-refractivity contribution in [3.8, 4) is 11.5 Å². The van der Waals surface area contributed by atoms with Crippen LogP contribution in [0.2, 0.25) is 0 Å². The van der Waals surface area contributed by atoms with Crippen molar-refractivity contribution in [2.24, 2.45) is 0 Å². The number of likely N-dealkylation sites (N-methyl/N-ethyl adjacent to an activating group) is 1. The Morgan fingerprint density at radius 1 is 1.12 bits per heavy atom. The summed E-state index contributed by atoms with van der Waals surface area (Å²) >= 11 is 3.27. The molecule has 0 saturated heterocycles. The van der Waals surface area contributed by atoms with Crippen molar-refractivity contribution in [3.63, 3.8) is 0 Å². The van der Waals surface area contributed by atoms with E-state index in [2.05, 4.69) is 15.9 Å². The number of sulfonamides is 1. The molecule has 1 N–H and O–H groups in total. The number of aliphatic hydroxyl groups is 1. The molecule has 0 unspecified atom stereocenters. The van der Waals surface area contributed by atoms with E-state index < -0.39 is 16.1 Å². The van der Waals surface area contributed by atoms with Crippen LogP contribution in [-0.2, 0) is 10.0 Å². The highest BCUT2D eigenvalue weighted by atomic mass is 79.9. The van der Waals surface area contributed by atoms with Crippen molar-refractivity contribution in [2.45, 2.75) is 11.0 Å². The Labute approximate surface area is 156 Å². The predicted octanol–water partition coefficient (Wildman–Crippen LogP) is 2.52. The van der Waals surface area contributed by atoms with Gasteiger partial charge in [-0.1, -0.05) is 28.1 Å². The number of hydrogen-bond acceptors (Lipinski definition) is 5. The second-order valence-electron chi connectivity index (χ2n) is 5.36. The van der Waals surface area contributed by atoms with E-state index >= 15 is 0 Å². The lowest BCUT2D eigenvalue weighted by molar-refractivity contribution is 0.0921. The van der Waals surface area contributed by atoms with Crippen LogP contribution < -0.4 is 9.47 Å². The third kappa shape index (κ3) is 5.18. The number of aliphatic hydroxyl groups excluding tert-OH is 1. The first-order valence-electron chi connectivity index (χ1n) is 7.50. The maximum absolute atomic E-state index is 12.5. The standard InChI is InChI=1S/C17H20BrNO5S/c1-19(25(21,22)15-9-7-13(18)8-10-15)11-14(20)12-24-17-6-4-3-5-16(17)23-2/h3-10,14,20H,11-12H2,1-2H3/t14-/m0/s1. The largest absolute Gasteiger partial charge is 0.493 e. The van der Waals surface area contributed by atoms with Crippen LogP contribution in [-0.4, -0.2) is 51.2 Å². The molecule has 2 aromatic rings. The van der Waals surface area contributed by atoms with Gasteiger partial charge in [-0.25, -0.2) is 8.42 Å². The minimum Gasteiger partial charge on any atom is -0.493 e. The van der Waals surface area contributed by atoms with Gasteiger partial charge in [0.25, 0.3) is 0 Å². The summed E-state index contributed by atoms with van der Waals surface area (Å²) in [6.07, 6.45) is -0.986. The summed E-state index contributed by atoms with van der Waals surface area (Å²) in [5, 5.41) is 10.1. The minimum absolute atomic E-state index is 0.0550. The second-order valence-corrected chi connectivity index (χ2v) is 8.32. The number of rotatable bonds is 8. The average molecular weight is 430 g/mol. The first-order valence-corrected chi connectivity index (χ1v) is 9.73. The maximum Gasteiger partial charge on any atom is 0.242 e. The summed E-state index contributed by atoms with van der Waals surface area (Å²) in [6.45, 7) is -0.145. The van der Waals surface area contributed by atoms with Crippen molar-refractivity contribution in [1.82, 2.24) is 4.31 Å². The molecule has 2 rings (SSSR count). The highest BCUT2D eigenvalue weighted by Crippen LogP contribution is 2.26. The van der Waals surface area contributed by atoms with Crippen molar-refractivity contribution >= 4 is 26.0 Å². The van der Waals surface area contributed by atoms with Gasteiger partial charge in [0.2, 0.25) is 10.0 Å². The summed E-state index contributed by atoms with van der Waals surface area (Å²) in [7, 11) is -0.729. The molecular weight excluding hydrogens is 410 g/mol. The Hall–Kier alpha value is -1.61. The molecule has 8 heteroatoms. The summed E-state index contributed by atoms with van der Waals surface area (Å²) in [5.41, 5.74) is 0. The van der Waals surface area contributed by atoms with Gasteiger partial charge in [-0.05, 0) is 36.4 Å². The van der Waals surface area contributed by atoms with E-state index in [-0.39, 0.29) is 18.0 Å². The molecule has 0 saturated carbocycles. The lowest BCUT2D eigenvalue weighted by atomic mass is 10.3. The van der Waals surface area contributed by atoms with Crippen molar-refractivity contribution in [1.29, 1.82) is 0 Å². The number of benzene rings is 2. The minimum atomic E-state index is -3.67. The number of hydrogen-bond donors (Lipinski definition) is 1. The molecule has 6 nitrogen and oxygen atoms in total. The topological polar surface area (TPSA) is 76.1 Å². The molecule has 2 aromatic carbocycles. The molecule has 0 aromatic heterocycles. The molecule has 0 aliphatic rings. The molecule has 136 valence electrons. The van der Waals surface area contributed by atoms with Crippen molar-refractivity contribution < 1.29 is 23.0 Å². The van der Waals surface area contributed by atoms with Crippen LogP contribution >= 0.6 is 15.9 Å². The molecule has 0 heterocycles. The maximum atomic E-state index is 12.5. The van der Waals surface area contributed by atoms with Crippen LogP contribution in [0.3, 0.4) is 0 Å². The number of halogens is 1. The Morgan fingerprint density at radius 3 is 2.32 bits per heavy atom. The van der Waals surface area contributed by atoms with Crippen LogP contribution in [0, 0.1) is 0 Å². The first-order chi connectivity index (χ1) is 11.8. The van der Waals surface area contributed by atoms with Gasteiger partial charge in [0.15, 0.2) is 11.5 Å². The number of ether oxygens (including phenoxy) is 2. The predicted molar refractivity (Wildman–Crippen MR) is 98.5 cm³/mol. The van der Waals surface area contributed by atoms with E-state index in [1.807, 2.05) is 0 Å². The number of methoxy groups -OCH3 is 1. The lowest BCUT2D eigenvalue weighted by Gasteiger charge is -2.21. The van der Waals surface area contributed by atoms with Crippen LogP contribution in [0.25, 0.3) is 0 Å². The van der Waals surface area contributed by atoms with E-state index in [1.54, 1.807) is 36.4 Å². The summed E-state index contributed by atoms with van der Waals surface area (Å²) in [6, 6.07) is 13.4. The van der Waals surface area contributed by atoms with Gasteiger partial charge in [0, 0.05) is 18.1 Å². The molecule has 0 radical (unpaired) electrons. The van der Waals surface area contributed by atoms with Gasteiger partial charge in [0.1, 0.15) is 12.7 Å². The van der Waals surface area contributed by atoms with Gasteiger partial charge < -0.3 is 14.6 Å². The van der Waals surface area contributed by atoms with E-state index in [9.17, 15) is 13.5 Å². The van der Waals surface area contributed by atoms with Gasteiger partial charge in [0.05, 0.1) is 12.0 Å². The fraction of sp³-hybridized carbons (Fsp3) is 0.294. The molecular formula is C17H20BrNO5S. The van der Waals surface area contributed by atoms with Gasteiger partial charge >= 0.3 is 0 Å². The SMILES string of the molecule is COc1ccccc1OC[C@@H](O)CN(C)S(=O)(=O)c1ccc(Br)cc1. The number of para-hydroxylation sites is 2. The zero-order valence-electron chi connectivity index (χ0n) is 13.9. The van der Waals surface area contributed by atoms with Crippen LogP contribution in [0.4, 0.5) is 0 Å². The van der Waals surface area contributed by atoms with E-state index in [4.69, 9.17) is 9.47 Å². The van der Waals surface area contributed by atoms with Crippen molar-refractivity contribution in [3.05, 3.63) is 53.0 Å². The fourth-order valence-corrected chi connectivity index (χ4v) is 3.63. The molecule has 0 aliphatic carbocycles. The Kier molecular flexibility index (Phi) is 6.83. The quantitative estimate of drug-likeness (QED) is 0.697.